The van der Waals surface area contributed by atoms with Crippen molar-refractivity contribution in [3.8, 4) is 0 Å². The maximum Gasteiger partial charge on any atom is 0.255 e. The molecule has 0 saturated heterocycles. The molecule has 1 N–H and O–H groups in total. The third-order valence-electron chi connectivity index (χ3n) is 2.57. The standard InChI is InChI=1S/C16H15NO/c1-13-6-5-9-15(12-13)16(18)17-11-10-14-7-3-2-4-8-14/h2-12H,1H3,(H,17,18)/b11-10+. The van der Waals surface area contributed by atoms with Crippen molar-refractivity contribution in [3.63, 3.8) is 0 Å². The number of rotatable bonds is 3. The summed E-state index contributed by atoms with van der Waals surface area (Å²) in [7, 11) is 0. The lowest BCUT2D eigenvalue weighted by atomic mass is 10.1. The monoisotopic (exact) mass is 237 g/mol. The molecule has 2 aromatic carbocycles. The van der Waals surface area contributed by atoms with Gasteiger partial charge in [-0.3, -0.25) is 4.79 Å². The Morgan fingerprint density at radius 3 is 2.56 bits per heavy atom. The van der Waals surface area contributed by atoms with E-state index in [1.807, 2.05) is 61.5 Å². The Labute approximate surface area is 107 Å². The molecule has 0 aliphatic carbocycles. The predicted octanol–water partition coefficient (Wildman–Crippen LogP) is 3.40. The van der Waals surface area contributed by atoms with Crippen LogP contribution in [-0.4, -0.2) is 5.91 Å². The SMILES string of the molecule is Cc1cccc(C(=O)N/C=C/c2ccccc2)c1. The number of benzene rings is 2. The molecule has 0 aliphatic heterocycles. The fourth-order valence-corrected chi connectivity index (χ4v) is 1.65. The Morgan fingerprint density at radius 2 is 1.83 bits per heavy atom. The zero-order valence-corrected chi connectivity index (χ0v) is 10.3. The van der Waals surface area contributed by atoms with E-state index < -0.39 is 0 Å². The van der Waals surface area contributed by atoms with Crippen LogP contribution >= 0.6 is 0 Å². The van der Waals surface area contributed by atoms with E-state index in [-0.39, 0.29) is 5.91 Å². The molecule has 0 spiro atoms. The first-order chi connectivity index (χ1) is 8.75. The number of nitrogens with one attached hydrogen (secondary N) is 1. The number of amides is 1. The van der Waals surface area contributed by atoms with Gasteiger partial charge in [-0.1, -0.05) is 48.0 Å². The summed E-state index contributed by atoms with van der Waals surface area (Å²) in [4.78, 5) is 11.8. The van der Waals surface area contributed by atoms with Crippen LogP contribution in [0.15, 0.2) is 60.8 Å². The summed E-state index contributed by atoms with van der Waals surface area (Å²) in [5.41, 5.74) is 2.81. The van der Waals surface area contributed by atoms with E-state index in [1.165, 1.54) is 0 Å². The Hall–Kier alpha value is -2.35. The molecule has 2 aromatic rings. The number of aryl methyl sites for hydroxylation is 1. The summed E-state index contributed by atoms with van der Waals surface area (Å²) >= 11 is 0. The summed E-state index contributed by atoms with van der Waals surface area (Å²) in [6.45, 7) is 1.97. The third kappa shape index (κ3) is 3.32. The van der Waals surface area contributed by atoms with Gasteiger partial charge in [-0.2, -0.15) is 0 Å². The number of hydrogen-bond acceptors (Lipinski definition) is 1. The Morgan fingerprint density at radius 1 is 1.06 bits per heavy atom. The van der Waals surface area contributed by atoms with Gasteiger partial charge in [0.1, 0.15) is 0 Å². The first-order valence-electron chi connectivity index (χ1n) is 5.85. The van der Waals surface area contributed by atoms with Crippen LogP contribution in [0.1, 0.15) is 21.5 Å². The molecular formula is C16H15NO. The van der Waals surface area contributed by atoms with Crippen molar-refractivity contribution in [1.29, 1.82) is 0 Å². The average molecular weight is 237 g/mol. The molecule has 0 bridgehead atoms. The normalized spacial score (nSPS) is 10.5. The van der Waals surface area contributed by atoms with Gasteiger partial charge >= 0.3 is 0 Å². The van der Waals surface area contributed by atoms with E-state index in [1.54, 1.807) is 12.3 Å². The van der Waals surface area contributed by atoms with Gasteiger partial charge in [0.25, 0.3) is 5.91 Å². The highest BCUT2D eigenvalue weighted by Gasteiger charge is 2.01. The Balaban J connectivity index is 1.99. The molecule has 0 aromatic heterocycles. The molecule has 2 rings (SSSR count). The highest BCUT2D eigenvalue weighted by atomic mass is 16.1. The lowest BCUT2D eigenvalue weighted by Crippen LogP contribution is -2.16. The molecule has 0 saturated carbocycles. The van der Waals surface area contributed by atoms with E-state index in [0.29, 0.717) is 5.56 Å². The van der Waals surface area contributed by atoms with E-state index in [4.69, 9.17) is 0 Å². The second-order valence-corrected chi connectivity index (χ2v) is 4.09. The quantitative estimate of drug-likeness (QED) is 0.871. The van der Waals surface area contributed by atoms with Crippen molar-refractivity contribution in [2.24, 2.45) is 0 Å². The van der Waals surface area contributed by atoms with E-state index in [0.717, 1.165) is 11.1 Å². The lowest BCUT2D eigenvalue weighted by Gasteiger charge is -2.01. The smallest absolute Gasteiger partial charge is 0.255 e. The van der Waals surface area contributed by atoms with Crippen LogP contribution in [0.4, 0.5) is 0 Å². The third-order valence-corrected chi connectivity index (χ3v) is 2.57. The van der Waals surface area contributed by atoms with Crippen molar-refractivity contribution in [2.45, 2.75) is 6.92 Å². The highest BCUT2D eigenvalue weighted by molar-refractivity contribution is 5.95. The first-order valence-corrected chi connectivity index (χ1v) is 5.85. The molecule has 0 atom stereocenters. The first kappa shape index (κ1) is 12.1. The zero-order valence-electron chi connectivity index (χ0n) is 10.3. The topological polar surface area (TPSA) is 29.1 Å². The summed E-state index contributed by atoms with van der Waals surface area (Å²) in [5, 5.41) is 2.76. The van der Waals surface area contributed by atoms with Crippen LogP contribution in [-0.2, 0) is 0 Å². The van der Waals surface area contributed by atoms with E-state index >= 15 is 0 Å². The van der Waals surface area contributed by atoms with Crippen molar-refractivity contribution in [1.82, 2.24) is 5.32 Å². The molecule has 0 radical (unpaired) electrons. The minimum atomic E-state index is -0.0918. The van der Waals surface area contributed by atoms with Gasteiger partial charge in [0.2, 0.25) is 0 Å². The van der Waals surface area contributed by atoms with Gasteiger partial charge < -0.3 is 5.32 Å². The fourth-order valence-electron chi connectivity index (χ4n) is 1.65. The van der Waals surface area contributed by atoms with Gasteiger partial charge in [0.05, 0.1) is 0 Å². The van der Waals surface area contributed by atoms with Crippen LogP contribution in [0.25, 0.3) is 6.08 Å². The van der Waals surface area contributed by atoms with Crippen LogP contribution < -0.4 is 5.32 Å². The van der Waals surface area contributed by atoms with E-state index in [2.05, 4.69) is 5.32 Å². The van der Waals surface area contributed by atoms with Gasteiger partial charge in [0.15, 0.2) is 0 Å². The molecule has 0 aliphatic rings. The largest absolute Gasteiger partial charge is 0.329 e. The summed E-state index contributed by atoms with van der Waals surface area (Å²) in [6.07, 6.45) is 3.54. The van der Waals surface area contributed by atoms with Crippen molar-refractivity contribution < 1.29 is 4.79 Å². The van der Waals surface area contributed by atoms with Gasteiger partial charge in [-0.15, -0.1) is 0 Å². The van der Waals surface area contributed by atoms with E-state index in [9.17, 15) is 4.79 Å². The fraction of sp³-hybridized carbons (Fsp3) is 0.0625. The molecule has 0 unspecified atom stereocenters. The minimum absolute atomic E-state index is 0.0918. The molecule has 2 nitrogen and oxygen atoms in total. The number of carbonyl (C=O) groups is 1. The Bertz CT molecular complexity index is 558. The molecule has 90 valence electrons. The molecule has 18 heavy (non-hydrogen) atoms. The van der Waals surface area contributed by atoms with Crippen LogP contribution in [0.5, 0.6) is 0 Å². The van der Waals surface area contributed by atoms with Gasteiger partial charge in [0, 0.05) is 11.8 Å². The van der Waals surface area contributed by atoms with Crippen molar-refractivity contribution >= 4 is 12.0 Å². The van der Waals surface area contributed by atoms with Gasteiger partial charge in [-0.25, -0.2) is 0 Å². The van der Waals surface area contributed by atoms with Crippen LogP contribution in [0, 0.1) is 6.92 Å². The highest BCUT2D eigenvalue weighted by Crippen LogP contribution is 2.04. The van der Waals surface area contributed by atoms with Crippen molar-refractivity contribution in [3.05, 3.63) is 77.5 Å². The lowest BCUT2D eigenvalue weighted by molar-refractivity contribution is 0.0970. The van der Waals surface area contributed by atoms with Crippen LogP contribution in [0.2, 0.25) is 0 Å². The molecule has 0 heterocycles. The summed E-state index contributed by atoms with van der Waals surface area (Å²) in [6, 6.07) is 17.4. The van der Waals surface area contributed by atoms with Crippen LogP contribution in [0.3, 0.4) is 0 Å². The second-order valence-electron chi connectivity index (χ2n) is 4.09. The average Bonchev–Trinajstić information content (AvgIpc) is 2.40. The molecule has 2 heteroatoms. The summed E-state index contributed by atoms with van der Waals surface area (Å²) in [5.74, 6) is -0.0918. The Kier molecular flexibility index (Phi) is 3.92. The maximum absolute atomic E-state index is 11.8. The molecule has 1 amide bonds. The number of hydrogen-bond donors (Lipinski definition) is 1. The predicted molar refractivity (Wildman–Crippen MR) is 74.1 cm³/mol. The van der Waals surface area contributed by atoms with Gasteiger partial charge in [-0.05, 0) is 30.7 Å². The molecule has 0 fully saturated rings. The summed E-state index contributed by atoms with van der Waals surface area (Å²) < 4.78 is 0. The zero-order chi connectivity index (χ0) is 12.8. The minimum Gasteiger partial charge on any atom is -0.329 e. The van der Waals surface area contributed by atoms with Crippen molar-refractivity contribution in [2.75, 3.05) is 0 Å². The number of carbonyl (C=O) groups excluding carboxylic acids is 1. The second kappa shape index (κ2) is 5.82. The maximum atomic E-state index is 11.8. The molecular weight excluding hydrogens is 222 g/mol.